The largest absolute Gasteiger partial charge is 0.395 e. The van der Waals surface area contributed by atoms with Gasteiger partial charge in [-0.2, -0.15) is 0 Å². The van der Waals surface area contributed by atoms with Gasteiger partial charge in [-0.1, -0.05) is 12.8 Å². The molecule has 1 aliphatic heterocycles. The van der Waals surface area contributed by atoms with Crippen molar-refractivity contribution in [2.75, 3.05) is 19.8 Å². The highest BCUT2D eigenvalue weighted by molar-refractivity contribution is 5.85. The Hall–Kier alpha value is -0.610. The van der Waals surface area contributed by atoms with Gasteiger partial charge in [-0.05, 0) is 32.6 Å². The van der Waals surface area contributed by atoms with Crippen molar-refractivity contribution >= 4 is 5.91 Å². The Morgan fingerprint density at radius 3 is 2.65 bits per heavy atom. The second-order valence-corrected chi connectivity index (χ2v) is 5.34. The predicted octanol–water partition coefficient (Wildman–Crippen LogP) is 1.32. The molecule has 98 valence electrons. The van der Waals surface area contributed by atoms with E-state index in [0.29, 0.717) is 19.2 Å². The van der Waals surface area contributed by atoms with E-state index >= 15 is 0 Å². The van der Waals surface area contributed by atoms with E-state index in [4.69, 9.17) is 9.84 Å². The summed E-state index contributed by atoms with van der Waals surface area (Å²) in [4.78, 5) is 14.4. The molecule has 1 heterocycles. The van der Waals surface area contributed by atoms with Gasteiger partial charge in [0.05, 0.1) is 6.61 Å². The quantitative estimate of drug-likeness (QED) is 0.807. The van der Waals surface area contributed by atoms with Crippen LogP contribution >= 0.6 is 0 Å². The van der Waals surface area contributed by atoms with Crippen LogP contribution in [0.15, 0.2) is 0 Å². The summed E-state index contributed by atoms with van der Waals surface area (Å²) in [5, 5.41) is 9.14. The van der Waals surface area contributed by atoms with Gasteiger partial charge in [-0.3, -0.25) is 4.79 Å². The van der Waals surface area contributed by atoms with Crippen molar-refractivity contribution < 1.29 is 14.6 Å². The van der Waals surface area contributed by atoms with E-state index in [0.717, 1.165) is 25.7 Å². The molecule has 0 radical (unpaired) electrons. The molecule has 1 saturated carbocycles. The maximum absolute atomic E-state index is 12.5. The van der Waals surface area contributed by atoms with Crippen LogP contribution in [0.4, 0.5) is 0 Å². The smallest absolute Gasteiger partial charge is 0.254 e. The lowest BCUT2D eigenvalue weighted by atomic mass is 9.99. The van der Waals surface area contributed by atoms with Gasteiger partial charge in [0.15, 0.2) is 0 Å². The molecule has 0 aromatic rings. The van der Waals surface area contributed by atoms with E-state index in [1.54, 1.807) is 0 Å². The summed E-state index contributed by atoms with van der Waals surface area (Å²) in [5.74, 6) is 0.0796. The van der Waals surface area contributed by atoms with Crippen molar-refractivity contribution in [2.45, 2.75) is 57.1 Å². The minimum atomic E-state index is -0.641. The first-order valence-corrected chi connectivity index (χ1v) is 6.73. The highest BCUT2D eigenvalue weighted by Gasteiger charge is 2.42. The maximum atomic E-state index is 12.5. The lowest BCUT2D eigenvalue weighted by Crippen LogP contribution is -2.51. The van der Waals surface area contributed by atoms with E-state index in [2.05, 4.69) is 0 Å². The standard InChI is InChI=1S/C13H23NO3/c1-13(7-4-10-17-13)12(16)14(8-9-15)11-5-2-3-6-11/h11,15H,2-10H2,1H3. The van der Waals surface area contributed by atoms with Crippen LogP contribution in [0.2, 0.25) is 0 Å². The number of aliphatic hydroxyl groups is 1. The predicted molar refractivity (Wildman–Crippen MR) is 64.6 cm³/mol. The van der Waals surface area contributed by atoms with Crippen LogP contribution in [0.1, 0.15) is 45.4 Å². The Bertz CT molecular complexity index is 268. The number of amides is 1. The molecule has 0 spiro atoms. The average molecular weight is 241 g/mol. The molecule has 1 atom stereocenters. The molecule has 4 heteroatoms. The molecule has 2 aliphatic rings. The van der Waals surface area contributed by atoms with Crippen LogP contribution in [0, 0.1) is 0 Å². The highest BCUT2D eigenvalue weighted by atomic mass is 16.5. The zero-order valence-corrected chi connectivity index (χ0v) is 10.7. The highest BCUT2D eigenvalue weighted by Crippen LogP contribution is 2.31. The van der Waals surface area contributed by atoms with Crippen molar-refractivity contribution in [2.24, 2.45) is 0 Å². The van der Waals surface area contributed by atoms with Crippen molar-refractivity contribution in [1.29, 1.82) is 0 Å². The summed E-state index contributed by atoms with van der Waals surface area (Å²) in [5.41, 5.74) is -0.641. The molecule has 1 N–H and O–H groups in total. The molecule has 0 bridgehead atoms. The molecular weight excluding hydrogens is 218 g/mol. The Labute approximate surface area is 103 Å². The number of ether oxygens (including phenoxy) is 1. The second-order valence-electron chi connectivity index (χ2n) is 5.34. The van der Waals surface area contributed by atoms with E-state index in [-0.39, 0.29) is 12.5 Å². The van der Waals surface area contributed by atoms with Gasteiger partial charge in [-0.15, -0.1) is 0 Å². The first-order chi connectivity index (χ1) is 8.17. The fourth-order valence-electron chi connectivity index (χ4n) is 3.03. The topological polar surface area (TPSA) is 49.8 Å². The van der Waals surface area contributed by atoms with Crippen LogP contribution in [0.25, 0.3) is 0 Å². The normalized spacial score (nSPS) is 29.8. The molecule has 1 saturated heterocycles. The van der Waals surface area contributed by atoms with Gasteiger partial charge in [0.1, 0.15) is 5.60 Å². The molecule has 4 nitrogen and oxygen atoms in total. The van der Waals surface area contributed by atoms with E-state index in [9.17, 15) is 4.79 Å². The number of rotatable bonds is 4. The molecule has 1 unspecified atom stereocenters. The summed E-state index contributed by atoms with van der Waals surface area (Å²) >= 11 is 0. The molecule has 17 heavy (non-hydrogen) atoms. The first kappa shape index (κ1) is 12.8. The fourth-order valence-corrected chi connectivity index (χ4v) is 3.03. The summed E-state index contributed by atoms with van der Waals surface area (Å²) in [7, 11) is 0. The Morgan fingerprint density at radius 1 is 1.41 bits per heavy atom. The van der Waals surface area contributed by atoms with Gasteiger partial charge in [0, 0.05) is 19.2 Å². The molecule has 1 amide bonds. The third kappa shape index (κ3) is 2.63. The number of hydrogen-bond acceptors (Lipinski definition) is 3. The van der Waals surface area contributed by atoms with Gasteiger partial charge >= 0.3 is 0 Å². The lowest BCUT2D eigenvalue weighted by Gasteiger charge is -2.34. The van der Waals surface area contributed by atoms with Crippen LogP contribution in [-0.4, -0.2) is 47.3 Å². The Kier molecular flexibility index (Phi) is 4.05. The lowest BCUT2D eigenvalue weighted by molar-refractivity contribution is -0.154. The monoisotopic (exact) mass is 241 g/mol. The van der Waals surface area contributed by atoms with E-state index < -0.39 is 5.60 Å². The van der Waals surface area contributed by atoms with Crippen molar-refractivity contribution in [3.8, 4) is 0 Å². The molecule has 0 aromatic carbocycles. The van der Waals surface area contributed by atoms with Crippen molar-refractivity contribution in [3.05, 3.63) is 0 Å². The van der Waals surface area contributed by atoms with Crippen molar-refractivity contribution in [1.82, 2.24) is 4.90 Å². The summed E-state index contributed by atoms with van der Waals surface area (Å²) < 4.78 is 5.62. The molecule has 2 rings (SSSR count). The molecule has 0 aromatic heterocycles. The molecular formula is C13H23NO3. The number of carbonyl (C=O) groups excluding carboxylic acids is 1. The minimum absolute atomic E-state index is 0.0400. The SMILES string of the molecule is CC1(C(=O)N(CCO)C2CCCC2)CCCO1. The fraction of sp³-hybridized carbons (Fsp3) is 0.923. The van der Waals surface area contributed by atoms with E-state index in [1.807, 2.05) is 11.8 Å². The Balaban J connectivity index is 2.06. The summed E-state index contributed by atoms with van der Waals surface area (Å²) in [6.07, 6.45) is 6.29. The van der Waals surface area contributed by atoms with Crippen LogP contribution in [-0.2, 0) is 9.53 Å². The zero-order valence-electron chi connectivity index (χ0n) is 10.7. The van der Waals surface area contributed by atoms with E-state index in [1.165, 1.54) is 12.8 Å². The third-order valence-corrected chi connectivity index (χ3v) is 4.04. The first-order valence-electron chi connectivity index (χ1n) is 6.73. The zero-order chi connectivity index (χ0) is 12.3. The van der Waals surface area contributed by atoms with Gasteiger partial charge in [-0.25, -0.2) is 0 Å². The number of nitrogens with zero attached hydrogens (tertiary/aromatic N) is 1. The number of aliphatic hydroxyl groups excluding tert-OH is 1. The summed E-state index contributed by atoms with van der Waals surface area (Å²) in [6, 6.07) is 0.315. The number of carbonyl (C=O) groups is 1. The molecule has 1 aliphatic carbocycles. The van der Waals surface area contributed by atoms with Gasteiger partial charge in [0.2, 0.25) is 0 Å². The van der Waals surface area contributed by atoms with Crippen LogP contribution in [0.5, 0.6) is 0 Å². The van der Waals surface area contributed by atoms with Crippen molar-refractivity contribution in [3.63, 3.8) is 0 Å². The number of hydrogen-bond donors (Lipinski definition) is 1. The van der Waals surface area contributed by atoms with Crippen LogP contribution in [0.3, 0.4) is 0 Å². The summed E-state index contributed by atoms with van der Waals surface area (Å²) in [6.45, 7) is 3.06. The molecule has 2 fully saturated rings. The second kappa shape index (κ2) is 5.36. The maximum Gasteiger partial charge on any atom is 0.254 e. The van der Waals surface area contributed by atoms with Crippen LogP contribution < -0.4 is 0 Å². The average Bonchev–Trinajstić information content (AvgIpc) is 2.96. The Morgan fingerprint density at radius 2 is 2.12 bits per heavy atom. The third-order valence-electron chi connectivity index (χ3n) is 4.04. The van der Waals surface area contributed by atoms with Gasteiger partial charge in [0.25, 0.3) is 5.91 Å². The van der Waals surface area contributed by atoms with Gasteiger partial charge < -0.3 is 14.7 Å². The minimum Gasteiger partial charge on any atom is -0.395 e.